The molecule has 0 bridgehead atoms. The van der Waals surface area contributed by atoms with Crippen molar-refractivity contribution in [3.05, 3.63) is 75.0 Å². The molecule has 32 heavy (non-hydrogen) atoms. The zero-order chi connectivity index (χ0) is 23.1. The van der Waals surface area contributed by atoms with E-state index in [2.05, 4.69) is 38.5 Å². The monoisotopic (exact) mass is 496 g/mol. The van der Waals surface area contributed by atoms with Crippen LogP contribution in [0.5, 0.6) is 11.5 Å². The molecule has 1 N–H and O–H groups in total. The van der Waals surface area contributed by atoms with E-state index in [-0.39, 0.29) is 12.5 Å². The highest BCUT2D eigenvalue weighted by molar-refractivity contribution is 9.10. The largest absolute Gasteiger partial charge is 0.490 e. The number of carbonyl (C=O) groups is 1. The molecular weight excluding hydrogens is 472 g/mol. The molecule has 3 rings (SSSR count). The highest BCUT2D eigenvalue weighted by Gasteiger charge is 2.14. The van der Waals surface area contributed by atoms with E-state index in [4.69, 9.17) is 14.7 Å². The average Bonchev–Trinajstić information content (AvgIpc) is 3.08. The minimum Gasteiger partial charge on any atom is -0.490 e. The number of aromatic nitrogens is 2. The van der Waals surface area contributed by atoms with E-state index in [1.807, 2.05) is 49.7 Å². The number of halogens is 1. The number of amides is 1. The molecule has 0 aliphatic rings. The molecule has 0 saturated carbocycles. The molecule has 0 aliphatic heterocycles. The first-order valence-corrected chi connectivity index (χ1v) is 11.0. The van der Waals surface area contributed by atoms with E-state index in [1.54, 1.807) is 12.1 Å². The van der Waals surface area contributed by atoms with Crippen molar-refractivity contribution in [3.63, 3.8) is 0 Å². The van der Waals surface area contributed by atoms with Gasteiger partial charge in [-0.15, -0.1) is 0 Å². The first-order chi connectivity index (χ1) is 15.4. The highest BCUT2D eigenvalue weighted by Crippen LogP contribution is 2.36. The summed E-state index contributed by atoms with van der Waals surface area (Å²) in [4.78, 5) is 12.4. The fourth-order valence-electron chi connectivity index (χ4n) is 3.27. The molecule has 0 unspecified atom stereocenters. The summed E-state index contributed by atoms with van der Waals surface area (Å²) in [6.45, 7) is 7.16. The molecule has 0 atom stereocenters. The number of nitrogens with one attached hydrogen (secondary N) is 1. The van der Waals surface area contributed by atoms with E-state index in [1.165, 1.54) is 0 Å². The maximum atomic E-state index is 12.4. The van der Waals surface area contributed by atoms with Gasteiger partial charge in [0.15, 0.2) is 18.1 Å². The fourth-order valence-corrected chi connectivity index (χ4v) is 3.83. The van der Waals surface area contributed by atoms with Gasteiger partial charge in [0.05, 0.1) is 35.0 Å². The van der Waals surface area contributed by atoms with Crippen LogP contribution in [-0.4, -0.2) is 28.9 Å². The third-order valence-electron chi connectivity index (χ3n) is 4.70. The lowest BCUT2D eigenvalue weighted by molar-refractivity contribution is -0.123. The van der Waals surface area contributed by atoms with Crippen molar-refractivity contribution >= 4 is 21.8 Å². The van der Waals surface area contributed by atoms with Crippen LogP contribution in [0.2, 0.25) is 0 Å². The van der Waals surface area contributed by atoms with Crippen LogP contribution in [0.3, 0.4) is 0 Å². The number of aryl methyl sites for hydroxylation is 2. The van der Waals surface area contributed by atoms with Gasteiger partial charge < -0.3 is 14.8 Å². The lowest BCUT2D eigenvalue weighted by atomic mass is 10.1. The van der Waals surface area contributed by atoms with Crippen molar-refractivity contribution in [2.75, 3.05) is 13.2 Å². The van der Waals surface area contributed by atoms with Crippen LogP contribution in [0, 0.1) is 25.2 Å². The van der Waals surface area contributed by atoms with Crippen LogP contribution in [0.25, 0.3) is 0 Å². The summed E-state index contributed by atoms with van der Waals surface area (Å²) in [6, 6.07) is 15.4. The van der Waals surface area contributed by atoms with Crippen molar-refractivity contribution in [2.24, 2.45) is 0 Å². The van der Waals surface area contributed by atoms with Crippen LogP contribution < -0.4 is 14.8 Å². The van der Waals surface area contributed by atoms with E-state index in [9.17, 15) is 4.79 Å². The molecule has 0 fully saturated rings. The van der Waals surface area contributed by atoms with Crippen molar-refractivity contribution in [3.8, 4) is 17.6 Å². The Morgan fingerprint density at radius 3 is 2.66 bits per heavy atom. The molecule has 0 radical (unpaired) electrons. The van der Waals surface area contributed by atoms with E-state index >= 15 is 0 Å². The number of hydrogen-bond donors (Lipinski definition) is 1. The Bertz CT molecular complexity index is 1150. The maximum Gasteiger partial charge on any atom is 0.258 e. The Hall–Kier alpha value is -3.31. The molecule has 8 heteroatoms. The van der Waals surface area contributed by atoms with Gasteiger partial charge in [-0.2, -0.15) is 10.4 Å². The van der Waals surface area contributed by atoms with Crippen molar-refractivity contribution in [1.29, 1.82) is 5.26 Å². The van der Waals surface area contributed by atoms with Crippen molar-refractivity contribution < 1.29 is 14.3 Å². The molecule has 0 aliphatic carbocycles. The molecule has 1 amide bonds. The Morgan fingerprint density at radius 2 is 1.97 bits per heavy atom. The first kappa shape index (κ1) is 23.4. The van der Waals surface area contributed by atoms with Crippen LogP contribution in [-0.2, 0) is 17.9 Å². The lowest BCUT2D eigenvalue weighted by Crippen LogP contribution is -2.28. The summed E-state index contributed by atoms with van der Waals surface area (Å²) in [5.74, 6) is 0.559. The van der Waals surface area contributed by atoms with Gasteiger partial charge in [-0.1, -0.05) is 24.3 Å². The second-order valence-electron chi connectivity index (χ2n) is 7.30. The minimum absolute atomic E-state index is 0.171. The van der Waals surface area contributed by atoms with Gasteiger partial charge in [-0.05, 0) is 60.0 Å². The number of carbonyl (C=O) groups excluding carboxylic acids is 1. The van der Waals surface area contributed by atoms with Crippen LogP contribution in [0.15, 0.2) is 46.9 Å². The SMILES string of the molecule is CCOc1cc(C#N)cc(Br)c1OCC(=O)NCc1cccc(Cn2nc(C)cc2C)c1. The van der Waals surface area contributed by atoms with Gasteiger partial charge in [0.25, 0.3) is 5.91 Å². The summed E-state index contributed by atoms with van der Waals surface area (Å²) in [5, 5.41) is 16.5. The Labute approximate surface area is 196 Å². The summed E-state index contributed by atoms with van der Waals surface area (Å²) in [5.41, 5.74) is 4.65. The fraction of sp³-hybridized carbons (Fsp3) is 0.292. The molecule has 1 aromatic heterocycles. The summed E-state index contributed by atoms with van der Waals surface area (Å²) < 4.78 is 13.8. The molecule has 0 spiro atoms. The average molecular weight is 497 g/mol. The second kappa shape index (κ2) is 10.8. The van der Waals surface area contributed by atoms with Crippen molar-refractivity contribution in [2.45, 2.75) is 33.9 Å². The first-order valence-electron chi connectivity index (χ1n) is 10.2. The summed E-state index contributed by atoms with van der Waals surface area (Å²) in [7, 11) is 0. The molecule has 0 saturated heterocycles. The molecule has 1 heterocycles. The molecule has 166 valence electrons. The maximum absolute atomic E-state index is 12.4. The minimum atomic E-state index is -0.257. The highest BCUT2D eigenvalue weighted by atomic mass is 79.9. The van der Waals surface area contributed by atoms with Crippen LogP contribution in [0.1, 0.15) is 35.0 Å². The number of nitrogens with zero attached hydrogens (tertiary/aromatic N) is 3. The number of ether oxygens (including phenoxy) is 2. The van der Waals surface area contributed by atoms with Gasteiger partial charge in [0, 0.05) is 18.3 Å². The van der Waals surface area contributed by atoms with Crippen LogP contribution in [0.4, 0.5) is 0 Å². The zero-order valence-corrected chi connectivity index (χ0v) is 19.9. The molecule has 3 aromatic rings. The molecular formula is C24H25BrN4O3. The number of hydrogen-bond acceptors (Lipinski definition) is 5. The van der Waals surface area contributed by atoms with Gasteiger partial charge >= 0.3 is 0 Å². The van der Waals surface area contributed by atoms with Crippen LogP contribution >= 0.6 is 15.9 Å². The Kier molecular flexibility index (Phi) is 7.90. The molecule has 7 nitrogen and oxygen atoms in total. The van der Waals surface area contributed by atoms with E-state index in [0.717, 1.165) is 22.5 Å². The summed E-state index contributed by atoms with van der Waals surface area (Å²) in [6.07, 6.45) is 0. The number of rotatable bonds is 9. The van der Waals surface area contributed by atoms with Gasteiger partial charge in [0.1, 0.15) is 0 Å². The van der Waals surface area contributed by atoms with E-state index in [0.29, 0.717) is 41.2 Å². The Balaban J connectivity index is 1.58. The van der Waals surface area contributed by atoms with Gasteiger partial charge in [-0.25, -0.2) is 0 Å². The third-order valence-corrected chi connectivity index (χ3v) is 5.29. The van der Waals surface area contributed by atoms with Crippen molar-refractivity contribution in [1.82, 2.24) is 15.1 Å². The topological polar surface area (TPSA) is 89.2 Å². The number of benzene rings is 2. The number of nitriles is 1. The predicted molar refractivity (Wildman–Crippen MR) is 125 cm³/mol. The third kappa shape index (κ3) is 6.11. The van der Waals surface area contributed by atoms with Gasteiger partial charge in [0.2, 0.25) is 0 Å². The Morgan fingerprint density at radius 1 is 1.19 bits per heavy atom. The van der Waals surface area contributed by atoms with Gasteiger partial charge in [-0.3, -0.25) is 9.48 Å². The zero-order valence-electron chi connectivity index (χ0n) is 18.3. The smallest absolute Gasteiger partial charge is 0.258 e. The van der Waals surface area contributed by atoms with E-state index < -0.39 is 0 Å². The quantitative estimate of drug-likeness (QED) is 0.477. The normalized spacial score (nSPS) is 10.5. The lowest BCUT2D eigenvalue weighted by Gasteiger charge is -2.14. The standard InChI is InChI=1S/C24H25BrN4O3/c1-4-31-22-11-20(12-26)10-21(25)24(22)32-15-23(30)27-13-18-6-5-7-19(9-18)14-29-17(3)8-16(2)28-29/h5-11H,4,13-15H2,1-3H3,(H,27,30). The predicted octanol–water partition coefficient (Wildman–Crippen LogP) is 4.28. The molecule has 2 aromatic carbocycles. The second-order valence-corrected chi connectivity index (χ2v) is 8.15. The summed E-state index contributed by atoms with van der Waals surface area (Å²) >= 11 is 3.38.